The summed E-state index contributed by atoms with van der Waals surface area (Å²) in [5.74, 6) is 0. The van der Waals surface area contributed by atoms with Gasteiger partial charge in [-0.05, 0) is 28.0 Å². The molecule has 1 aliphatic heterocycles. The third kappa shape index (κ3) is 3.21. The van der Waals surface area contributed by atoms with Gasteiger partial charge in [-0.25, -0.2) is 0 Å². The van der Waals surface area contributed by atoms with Gasteiger partial charge in [0, 0.05) is 25.5 Å². The first-order valence-electron chi connectivity index (χ1n) is 8.05. The van der Waals surface area contributed by atoms with E-state index in [0.717, 1.165) is 19.8 Å². The van der Waals surface area contributed by atoms with Crippen LogP contribution in [0.1, 0.15) is 11.1 Å². The fourth-order valence-corrected chi connectivity index (χ4v) is 3.11. The Bertz CT molecular complexity index is 823. The molecule has 0 fully saturated rings. The maximum absolute atomic E-state index is 2.35. The Hall–Kier alpha value is -2.74. The van der Waals surface area contributed by atoms with Crippen molar-refractivity contribution in [3.8, 4) is 0 Å². The van der Waals surface area contributed by atoms with E-state index in [9.17, 15) is 0 Å². The summed E-state index contributed by atoms with van der Waals surface area (Å²) in [6.07, 6.45) is 4.38. The van der Waals surface area contributed by atoms with E-state index in [0.29, 0.717) is 0 Å². The van der Waals surface area contributed by atoms with Crippen molar-refractivity contribution in [1.29, 1.82) is 0 Å². The molecule has 0 atom stereocenters. The van der Waals surface area contributed by atoms with Gasteiger partial charge in [0.1, 0.15) is 0 Å². The molecular formula is C21H20N2. The summed E-state index contributed by atoms with van der Waals surface area (Å²) in [5, 5.41) is 2.62. The van der Waals surface area contributed by atoms with Gasteiger partial charge in [-0.1, -0.05) is 66.7 Å². The van der Waals surface area contributed by atoms with Gasteiger partial charge < -0.3 is 9.80 Å². The van der Waals surface area contributed by atoms with Gasteiger partial charge in [0.15, 0.2) is 0 Å². The van der Waals surface area contributed by atoms with Crippen molar-refractivity contribution in [1.82, 2.24) is 9.80 Å². The summed E-state index contributed by atoms with van der Waals surface area (Å²) >= 11 is 0. The highest BCUT2D eigenvalue weighted by atomic mass is 15.3. The molecule has 0 aliphatic carbocycles. The Kier molecular flexibility index (Phi) is 3.73. The predicted octanol–water partition coefficient (Wildman–Crippen LogP) is 4.59. The average molecular weight is 300 g/mol. The van der Waals surface area contributed by atoms with Crippen LogP contribution in [0, 0.1) is 0 Å². The maximum Gasteiger partial charge on any atom is 0.0900 e. The zero-order valence-corrected chi connectivity index (χ0v) is 13.1. The summed E-state index contributed by atoms with van der Waals surface area (Å²) in [5.41, 5.74) is 2.71. The van der Waals surface area contributed by atoms with E-state index in [1.54, 1.807) is 0 Å². The molecule has 0 saturated heterocycles. The van der Waals surface area contributed by atoms with E-state index in [-0.39, 0.29) is 0 Å². The SMILES string of the molecule is C1=CN(Cc2ccc3ccccc3c2)CN1Cc1ccccc1. The third-order valence-corrected chi connectivity index (χ3v) is 4.28. The van der Waals surface area contributed by atoms with Crippen molar-refractivity contribution in [2.45, 2.75) is 13.1 Å². The number of hydrogen-bond acceptors (Lipinski definition) is 2. The molecule has 4 rings (SSSR count). The summed E-state index contributed by atoms with van der Waals surface area (Å²) < 4.78 is 0. The topological polar surface area (TPSA) is 6.48 Å². The Balaban J connectivity index is 1.41. The quantitative estimate of drug-likeness (QED) is 0.695. The average Bonchev–Trinajstić information content (AvgIpc) is 3.02. The second-order valence-electron chi connectivity index (χ2n) is 6.10. The minimum absolute atomic E-state index is 0.946. The van der Waals surface area contributed by atoms with E-state index in [1.165, 1.54) is 21.9 Å². The molecule has 1 aliphatic rings. The van der Waals surface area contributed by atoms with Crippen molar-refractivity contribution < 1.29 is 0 Å². The van der Waals surface area contributed by atoms with Gasteiger partial charge in [-0.2, -0.15) is 0 Å². The van der Waals surface area contributed by atoms with E-state index in [1.807, 2.05) is 0 Å². The van der Waals surface area contributed by atoms with Gasteiger partial charge in [-0.15, -0.1) is 0 Å². The van der Waals surface area contributed by atoms with Crippen LogP contribution in [-0.4, -0.2) is 16.5 Å². The summed E-state index contributed by atoms with van der Waals surface area (Å²) in [6.45, 7) is 2.86. The van der Waals surface area contributed by atoms with Crippen LogP contribution in [-0.2, 0) is 13.1 Å². The highest BCUT2D eigenvalue weighted by Gasteiger charge is 2.12. The van der Waals surface area contributed by atoms with Crippen LogP contribution in [0.2, 0.25) is 0 Å². The highest BCUT2D eigenvalue weighted by Crippen LogP contribution is 2.19. The molecule has 114 valence electrons. The summed E-state index contributed by atoms with van der Waals surface area (Å²) in [4.78, 5) is 4.70. The van der Waals surface area contributed by atoms with Crippen LogP contribution >= 0.6 is 0 Å². The number of nitrogens with zero attached hydrogens (tertiary/aromatic N) is 2. The van der Waals surface area contributed by atoms with Gasteiger partial charge >= 0.3 is 0 Å². The number of rotatable bonds is 4. The molecule has 1 heterocycles. The Labute approximate surface area is 137 Å². The lowest BCUT2D eigenvalue weighted by atomic mass is 10.1. The Morgan fingerprint density at radius 3 is 2.04 bits per heavy atom. The highest BCUT2D eigenvalue weighted by molar-refractivity contribution is 5.82. The van der Waals surface area contributed by atoms with Gasteiger partial charge in [0.2, 0.25) is 0 Å². The minimum atomic E-state index is 0.946. The third-order valence-electron chi connectivity index (χ3n) is 4.28. The minimum Gasteiger partial charge on any atom is -0.354 e. The molecule has 2 nitrogen and oxygen atoms in total. The van der Waals surface area contributed by atoms with Gasteiger partial charge in [0.25, 0.3) is 0 Å². The molecule has 0 aromatic heterocycles. The van der Waals surface area contributed by atoms with Gasteiger partial charge in [-0.3, -0.25) is 0 Å². The van der Waals surface area contributed by atoms with Crippen LogP contribution < -0.4 is 0 Å². The molecule has 3 aromatic carbocycles. The van der Waals surface area contributed by atoms with Crippen molar-refractivity contribution in [2.24, 2.45) is 0 Å². The first kappa shape index (κ1) is 13.9. The molecule has 23 heavy (non-hydrogen) atoms. The molecule has 0 saturated carbocycles. The van der Waals surface area contributed by atoms with E-state index in [2.05, 4.69) is 95.0 Å². The lowest BCUT2D eigenvalue weighted by Crippen LogP contribution is -2.24. The summed E-state index contributed by atoms with van der Waals surface area (Å²) in [7, 11) is 0. The van der Waals surface area contributed by atoms with E-state index in [4.69, 9.17) is 0 Å². The second-order valence-corrected chi connectivity index (χ2v) is 6.10. The van der Waals surface area contributed by atoms with Crippen LogP contribution in [0.5, 0.6) is 0 Å². The van der Waals surface area contributed by atoms with Crippen molar-refractivity contribution >= 4 is 10.8 Å². The van der Waals surface area contributed by atoms with Crippen LogP contribution in [0.4, 0.5) is 0 Å². The lowest BCUT2D eigenvalue weighted by molar-refractivity contribution is 0.255. The van der Waals surface area contributed by atoms with Gasteiger partial charge in [0.05, 0.1) is 6.67 Å². The first-order chi connectivity index (χ1) is 11.4. The molecule has 0 amide bonds. The predicted molar refractivity (Wildman–Crippen MR) is 95.5 cm³/mol. The largest absolute Gasteiger partial charge is 0.354 e. The fraction of sp³-hybridized carbons (Fsp3) is 0.143. The fourth-order valence-electron chi connectivity index (χ4n) is 3.11. The molecular weight excluding hydrogens is 280 g/mol. The van der Waals surface area contributed by atoms with Crippen LogP contribution in [0.25, 0.3) is 10.8 Å². The normalized spacial score (nSPS) is 13.9. The lowest BCUT2D eigenvalue weighted by Gasteiger charge is -2.21. The van der Waals surface area contributed by atoms with Crippen molar-refractivity contribution in [3.05, 3.63) is 96.3 Å². The zero-order chi connectivity index (χ0) is 15.5. The molecule has 0 unspecified atom stereocenters. The van der Waals surface area contributed by atoms with E-state index >= 15 is 0 Å². The Morgan fingerprint density at radius 2 is 1.26 bits per heavy atom. The zero-order valence-electron chi connectivity index (χ0n) is 13.1. The molecule has 2 heteroatoms. The smallest absolute Gasteiger partial charge is 0.0900 e. The number of benzene rings is 3. The standard InChI is InChI=1S/C21H20N2/c1-2-6-18(7-3-1)15-22-12-13-23(17-22)16-19-10-11-20-8-4-5-9-21(20)14-19/h1-14H,15-17H2. The number of fused-ring (bicyclic) bond motifs is 1. The molecule has 3 aromatic rings. The second kappa shape index (κ2) is 6.17. The molecule has 0 bridgehead atoms. The monoisotopic (exact) mass is 300 g/mol. The molecule has 0 radical (unpaired) electrons. The van der Waals surface area contributed by atoms with Crippen molar-refractivity contribution in [2.75, 3.05) is 6.67 Å². The first-order valence-corrected chi connectivity index (χ1v) is 8.05. The van der Waals surface area contributed by atoms with Crippen LogP contribution in [0.3, 0.4) is 0 Å². The van der Waals surface area contributed by atoms with Crippen molar-refractivity contribution in [3.63, 3.8) is 0 Å². The molecule has 0 N–H and O–H groups in total. The Morgan fingerprint density at radius 1 is 0.609 bits per heavy atom. The molecule has 0 spiro atoms. The summed E-state index contributed by atoms with van der Waals surface area (Å²) in [6, 6.07) is 25.9. The van der Waals surface area contributed by atoms with Crippen LogP contribution in [0.15, 0.2) is 85.2 Å². The van der Waals surface area contributed by atoms with E-state index < -0.39 is 0 Å². The number of hydrogen-bond donors (Lipinski definition) is 0. The maximum atomic E-state index is 2.35.